The van der Waals surface area contributed by atoms with Gasteiger partial charge in [0, 0.05) is 13.1 Å². The molecular formula is C21H24N2O4. The molecule has 0 aliphatic carbocycles. The van der Waals surface area contributed by atoms with Gasteiger partial charge in [0.25, 0.3) is 11.8 Å². The summed E-state index contributed by atoms with van der Waals surface area (Å²) in [6.07, 6.45) is -0.696. The van der Waals surface area contributed by atoms with Crippen LogP contribution >= 0.6 is 0 Å². The molecule has 6 heteroatoms. The largest absolute Gasteiger partial charge is 0.481 e. The van der Waals surface area contributed by atoms with E-state index in [0.717, 1.165) is 5.56 Å². The van der Waals surface area contributed by atoms with Crippen molar-refractivity contribution in [3.05, 3.63) is 59.7 Å². The molecule has 1 atom stereocenters. The van der Waals surface area contributed by atoms with Gasteiger partial charge in [0.15, 0.2) is 6.10 Å². The Hall–Kier alpha value is -2.86. The Balaban J connectivity index is 1.69. The Kier molecular flexibility index (Phi) is 6.08. The van der Waals surface area contributed by atoms with Crippen molar-refractivity contribution in [3.8, 4) is 5.75 Å². The first kappa shape index (κ1) is 18.9. The quantitative estimate of drug-likeness (QED) is 0.881. The van der Waals surface area contributed by atoms with Crippen LogP contribution in [0.25, 0.3) is 0 Å². The minimum absolute atomic E-state index is 0.110. The second kappa shape index (κ2) is 8.68. The normalized spacial score (nSPS) is 15.1. The fourth-order valence-electron chi connectivity index (χ4n) is 2.90. The molecule has 2 aromatic rings. The van der Waals surface area contributed by atoms with Crippen LogP contribution < -0.4 is 10.1 Å². The molecule has 1 saturated heterocycles. The lowest BCUT2D eigenvalue weighted by molar-refractivity contribution is -0.122. The first-order valence-electron chi connectivity index (χ1n) is 9.05. The number of benzene rings is 2. The van der Waals surface area contributed by atoms with E-state index in [1.165, 1.54) is 0 Å². The Labute approximate surface area is 159 Å². The third-order valence-corrected chi connectivity index (χ3v) is 4.39. The molecule has 1 fully saturated rings. The van der Waals surface area contributed by atoms with Crippen LogP contribution in [0.15, 0.2) is 48.5 Å². The predicted molar refractivity (Wildman–Crippen MR) is 103 cm³/mol. The monoisotopic (exact) mass is 368 g/mol. The summed E-state index contributed by atoms with van der Waals surface area (Å²) in [6.45, 7) is 5.81. The van der Waals surface area contributed by atoms with E-state index in [-0.39, 0.29) is 11.8 Å². The van der Waals surface area contributed by atoms with Crippen LogP contribution in [0.2, 0.25) is 0 Å². The van der Waals surface area contributed by atoms with Crippen LogP contribution in [-0.2, 0) is 9.53 Å². The Morgan fingerprint density at radius 3 is 2.59 bits per heavy atom. The molecule has 2 aromatic carbocycles. The van der Waals surface area contributed by atoms with Gasteiger partial charge in [0.2, 0.25) is 0 Å². The lowest BCUT2D eigenvalue weighted by Crippen LogP contribution is -2.41. The molecule has 2 amide bonds. The Morgan fingerprint density at radius 2 is 1.85 bits per heavy atom. The molecule has 6 nitrogen and oxygen atoms in total. The van der Waals surface area contributed by atoms with Crippen LogP contribution in [0.1, 0.15) is 22.8 Å². The van der Waals surface area contributed by atoms with Gasteiger partial charge < -0.3 is 19.7 Å². The predicted octanol–water partition coefficient (Wildman–Crippen LogP) is 2.87. The number of amides is 2. The van der Waals surface area contributed by atoms with Crippen molar-refractivity contribution >= 4 is 17.5 Å². The third-order valence-electron chi connectivity index (χ3n) is 4.39. The molecular weight excluding hydrogens is 344 g/mol. The molecule has 0 saturated carbocycles. The zero-order valence-corrected chi connectivity index (χ0v) is 15.6. The maximum Gasteiger partial charge on any atom is 0.265 e. The van der Waals surface area contributed by atoms with Gasteiger partial charge >= 0.3 is 0 Å². The summed E-state index contributed by atoms with van der Waals surface area (Å²) < 4.78 is 11.0. The van der Waals surface area contributed by atoms with Gasteiger partial charge in [0.05, 0.1) is 24.5 Å². The molecule has 3 rings (SSSR count). The highest BCUT2D eigenvalue weighted by atomic mass is 16.5. The van der Waals surface area contributed by atoms with E-state index in [2.05, 4.69) is 5.32 Å². The van der Waals surface area contributed by atoms with E-state index >= 15 is 0 Å². The van der Waals surface area contributed by atoms with E-state index in [1.807, 2.05) is 31.2 Å². The molecule has 1 aliphatic rings. The zero-order chi connectivity index (χ0) is 19.2. The fourth-order valence-corrected chi connectivity index (χ4v) is 2.90. The van der Waals surface area contributed by atoms with Crippen molar-refractivity contribution in [2.24, 2.45) is 0 Å². The number of carbonyl (C=O) groups is 2. The maximum atomic E-state index is 12.8. The summed E-state index contributed by atoms with van der Waals surface area (Å²) in [5.41, 5.74) is 2.01. The Bertz CT molecular complexity index is 815. The minimum atomic E-state index is -0.696. The second-order valence-electron chi connectivity index (χ2n) is 6.52. The fraction of sp³-hybridized carbons (Fsp3) is 0.333. The zero-order valence-electron chi connectivity index (χ0n) is 15.6. The highest BCUT2D eigenvalue weighted by Crippen LogP contribution is 2.20. The summed E-state index contributed by atoms with van der Waals surface area (Å²) in [4.78, 5) is 27.1. The van der Waals surface area contributed by atoms with Crippen molar-refractivity contribution in [1.29, 1.82) is 0 Å². The van der Waals surface area contributed by atoms with E-state index in [9.17, 15) is 9.59 Å². The van der Waals surface area contributed by atoms with Crippen LogP contribution in [-0.4, -0.2) is 49.1 Å². The van der Waals surface area contributed by atoms with Crippen LogP contribution in [0.3, 0.4) is 0 Å². The number of hydrogen-bond donors (Lipinski definition) is 1. The highest BCUT2D eigenvalue weighted by Gasteiger charge is 2.23. The first-order chi connectivity index (χ1) is 13.0. The minimum Gasteiger partial charge on any atom is -0.481 e. The van der Waals surface area contributed by atoms with Gasteiger partial charge in [-0.3, -0.25) is 9.59 Å². The summed E-state index contributed by atoms with van der Waals surface area (Å²) in [7, 11) is 0. The number of carbonyl (C=O) groups excluding carboxylic acids is 2. The number of morpholine rings is 1. The van der Waals surface area contributed by atoms with E-state index in [1.54, 1.807) is 36.1 Å². The standard InChI is InChI=1S/C21H24N2O4/c1-15-6-5-7-17(14-15)27-16(2)20(24)22-19-9-4-3-8-18(19)21(25)23-10-12-26-13-11-23/h3-9,14,16H,10-13H2,1-2H3,(H,22,24)/t16-/m0/s1. The maximum absolute atomic E-state index is 12.8. The van der Waals surface area contributed by atoms with Crippen molar-refractivity contribution in [1.82, 2.24) is 4.90 Å². The molecule has 0 unspecified atom stereocenters. The van der Waals surface area contributed by atoms with Crippen LogP contribution in [0, 0.1) is 6.92 Å². The van der Waals surface area contributed by atoms with Crippen molar-refractivity contribution in [2.75, 3.05) is 31.6 Å². The van der Waals surface area contributed by atoms with E-state index in [0.29, 0.717) is 43.3 Å². The number of nitrogens with zero attached hydrogens (tertiary/aromatic N) is 1. The highest BCUT2D eigenvalue weighted by molar-refractivity contribution is 6.04. The number of para-hydroxylation sites is 1. The molecule has 1 N–H and O–H groups in total. The topological polar surface area (TPSA) is 67.9 Å². The molecule has 0 bridgehead atoms. The number of aryl methyl sites for hydroxylation is 1. The first-order valence-corrected chi connectivity index (χ1v) is 9.05. The lowest BCUT2D eigenvalue weighted by Gasteiger charge is -2.27. The van der Waals surface area contributed by atoms with Crippen LogP contribution in [0.4, 0.5) is 5.69 Å². The lowest BCUT2D eigenvalue weighted by atomic mass is 10.1. The second-order valence-corrected chi connectivity index (χ2v) is 6.52. The molecule has 0 spiro atoms. The molecule has 27 heavy (non-hydrogen) atoms. The van der Waals surface area contributed by atoms with E-state index < -0.39 is 6.10 Å². The van der Waals surface area contributed by atoms with Gasteiger partial charge in [-0.1, -0.05) is 24.3 Å². The summed E-state index contributed by atoms with van der Waals surface area (Å²) >= 11 is 0. The van der Waals surface area contributed by atoms with Gasteiger partial charge in [-0.25, -0.2) is 0 Å². The average molecular weight is 368 g/mol. The molecule has 1 aliphatic heterocycles. The summed E-state index contributed by atoms with van der Waals surface area (Å²) in [5, 5.41) is 2.82. The van der Waals surface area contributed by atoms with Crippen LogP contribution in [0.5, 0.6) is 5.75 Å². The average Bonchev–Trinajstić information content (AvgIpc) is 2.68. The Morgan fingerprint density at radius 1 is 1.11 bits per heavy atom. The smallest absolute Gasteiger partial charge is 0.265 e. The van der Waals surface area contributed by atoms with Gasteiger partial charge in [-0.05, 0) is 43.7 Å². The number of anilines is 1. The molecule has 142 valence electrons. The van der Waals surface area contributed by atoms with E-state index in [4.69, 9.17) is 9.47 Å². The summed E-state index contributed by atoms with van der Waals surface area (Å²) in [6, 6.07) is 14.6. The van der Waals surface area contributed by atoms with Crippen molar-refractivity contribution in [3.63, 3.8) is 0 Å². The molecule has 0 aromatic heterocycles. The van der Waals surface area contributed by atoms with Crippen molar-refractivity contribution < 1.29 is 19.1 Å². The number of ether oxygens (including phenoxy) is 2. The number of rotatable bonds is 5. The number of hydrogen-bond acceptors (Lipinski definition) is 4. The third kappa shape index (κ3) is 4.86. The summed E-state index contributed by atoms with van der Waals surface area (Å²) in [5.74, 6) is 0.218. The van der Waals surface area contributed by atoms with Gasteiger partial charge in [-0.2, -0.15) is 0 Å². The SMILES string of the molecule is Cc1cccc(O[C@@H](C)C(=O)Nc2ccccc2C(=O)N2CCOCC2)c1. The number of nitrogens with one attached hydrogen (secondary N) is 1. The van der Waals surface area contributed by atoms with Gasteiger partial charge in [0.1, 0.15) is 5.75 Å². The molecule has 1 heterocycles. The van der Waals surface area contributed by atoms with Gasteiger partial charge in [-0.15, -0.1) is 0 Å². The van der Waals surface area contributed by atoms with Crippen molar-refractivity contribution in [2.45, 2.75) is 20.0 Å². The molecule has 0 radical (unpaired) electrons.